The molecule has 10 nitrogen and oxygen atoms in total. The van der Waals surface area contributed by atoms with Crippen LogP contribution < -0.4 is 14.8 Å². The predicted molar refractivity (Wildman–Crippen MR) is 114 cm³/mol. The van der Waals surface area contributed by atoms with Crippen LogP contribution in [-0.4, -0.2) is 31.8 Å². The Hall–Kier alpha value is -3.73. The van der Waals surface area contributed by atoms with Gasteiger partial charge in [0.1, 0.15) is 0 Å². The molecule has 0 aliphatic rings. The summed E-state index contributed by atoms with van der Waals surface area (Å²) in [5.41, 5.74) is 0.556. The van der Waals surface area contributed by atoms with Crippen LogP contribution in [0.3, 0.4) is 0 Å². The van der Waals surface area contributed by atoms with Crippen LogP contribution in [0.5, 0.6) is 5.75 Å². The van der Waals surface area contributed by atoms with E-state index in [1.807, 2.05) is 11.6 Å². The van der Waals surface area contributed by atoms with Crippen molar-refractivity contribution in [2.45, 2.75) is 25.2 Å². The number of sulfonamides is 1. The summed E-state index contributed by atoms with van der Waals surface area (Å²) in [4.78, 5) is 33.6. The number of nitro groups is 1. The van der Waals surface area contributed by atoms with Gasteiger partial charge in [0.15, 0.2) is 5.75 Å². The monoisotopic (exact) mass is 447 g/mol. The number of rotatable bonds is 9. The Bertz CT molecular complexity index is 1110. The van der Waals surface area contributed by atoms with Gasteiger partial charge < -0.3 is 10.1 Å². The molecular formula is C20H21N3O7S. The molecule has 11 heteroatoms. The van der Waals surface area contributed by atoms with E-state index in [1.54, 1.807) is 6.07 Å². The SMILES string of the molecule is CCCOc1ccc(/C=C/C(=O)Nc2ccc(S(=O)(=O)NC(C)=O)cc2)cc1[N+](=O)[O-]. The van der Waals surface area contributed by atoms with E-state index in [0.717, 1.165) is 6.92 Å². The minimum atomic E-state index is -3.96. The Morgan fingerprint density at radius 3 is 2.42 bits per heavy atom. The van der Waals surface area contributed by atoms with Gasteiger partial charge in [0.05, 0.1) is 16.4 Å². The lowest BCUT2D eigenvalue weighted by atomic mass is 10.1. The summed E-state index contributed by atoms with van der Waals surface area (Å²) in [5.74, 6) is -1.08. The van der Waals surface area contributed by atoms with Crippen molar-refractivity contribution in [3.8, 4) is 5.75 Å². The van der Waals surface area contributed by atoms with Crippen LogP contribution in [0.4, 0.5) is 11.4 Å². The van der Waals surface area contributed by atoms with Gasteiger partial charge in [-0.1, -0.05) is 13.0 Å². The first kappa shape index (κ1) is 23.5. The second-order valence-corrected chi connectivity index (χ2v) is 8.02. The van der Waals surface area contributed by atoms with Crippen molar-refractivity contribution >= 4 is 39.3 Å². The zero-order valence-corrected chi connectivity index (χ0v) is 17.6. The molecule has 0 saturated heterocycles. The standard InChI is InChI=1S/C20H21N3O7S/c1-3-12-30-19-10-4-15(13-18(19)23(26)27)5-11-20(25)21-16-6-8-17(9-7-16)31(28,29)22-14(2)24/h4-11,13H,3,12H2,1-2H3,(H,21,25)(H,22,24)/b11-5+. The summed E-state index contributed by atoms with van der Waals surface area (Å²) in [7, 11) is -3.96. The van der Waals surface area contributed by atoms with Gasteiger partial charge in [-0.05, 0) is 48.4 Å². The molecule has 2 aromatic carbocycles. The highest BCUT2D eigenvalue weighted by Crippen LogP contribution is 2.28. The fourth-order valence-corrected chi connectivity index (χ4v) is 3.43. The molecule has 0 atom stereocenters. The Kier molecular flexibility index (Phi) is 7.86. The van der Waals surface area contributed by atoms with Crippen LogP contribution in [0.15, 0.2) is 53.4 Å². The van der Waals surface area contributed by atoms with Crippen molar-refractivity contribution in [2.24, 2.45) is 0 Å². The van der Waals surface area contributed by atoms with Crippen molar-refractivity contribution in [3.05, 3.63) is 64.2 Å². The van der Waals surface area contributed by atoms with Crippen molar-refractivity contribution in [3.63, 3.8) is 0 Å². The largest absolute Gasteiger partial charge is 0.487 e. The van der Waals surface area contributed by atoms with Crippen molar-refractivity contribution in [1.82, 2.24) is 4.72 Å². The molecule has 0 aliphatic heterocycles. The molecule has 0 aromatic heterocycles. The van der Waals surface area contributed by atoms with E-state index in [-0.39, 0.29) is 16.3 Å². The van der Waals surface area contributed by atoms with E-state index in [4.69, 9.17) is 4.74 Å². The van der Waals surface area contributed by atoms with Gasteiger partial charge in [0, 0.05) is 24.8 Å². The molecule has 0 bridgehead atoms. The fraction of sp³-hybridized carbons (Fsp3) is 0.200. The summed E-state index contributed by atoms with van der Waals surface area (Å²) in [6, 6.07) is 9.57. The summed E-state index contributed by atoms with van der Waals surface area (Å²) >= 11 is 0. The Labute approximate surface area is 179 Å². The average molecular weight is 447 g/mol. The maximum absolute atomic E-state index is 12.1. The van der Waals surface area contributed by atoms with Crippen molar-refractivity contribution in [1.29, 1.82) is 0 Å². The highest BCUT2D eigenvalue weighted by atomic mass is 32.2. The lowest BCUT2D eigenvalue weighted by Gasteiger charge is -2.07. The summed E-state index contributed by atoms with van der Waals surface area (Å²) in [5, 5.41) is 13.8. The molecular weight excluding hydrogens is 426 g/mol. The third kappa shape index (κ3) is 6.93. The number of ether oxygens (including phenoxy) is 1. The molecule has 0 saturated carbocycles. The van der Waals surface area contributed by atoms with Crippen LogP contribution in [0.2, 0.25) is 0 Å². The Balaban J connectivity index is 2.08. The number of anilines is 1. The van der Waals surface area contributed by atoms with E-state index in [2.05, 4.69) is 5.32 Å². The number of nitrogens with one attached hydrogen (secondary N) is 2. The molecule has 0 aliphatic carbocycles. The Morgan fingerprint density at radius 2 is 1.84 bits per heavy atom. The van der Waals surface area contributed by atoms with Crippen LogP contribution in [0, 0.1) is 10.1 Å². The van der Waals surface area contributed by atoms with Gasteiger partial charge in [-0.3, -0.25) is 19.7 Å². The molecule has 31 heavy (non-hydrogen) atoms. The maximum atomic E-state index is 12.1. The second-order valence-electron chi connectivity index (χ2n) is 6.34. The average Bonchev–Trinajstić information content (AvgIpc) is 2.70. The molecule has 0 heterocycles. The maximum Gasteiger partial charge on any atom is 0.311 e. The Morgan fingerprint density at radius 1 is 1.16 bits per heavy atom. The fourth-order valence-electron chi connectivity index (χ4n) is 2.44. The van der Waals surface area contributed by atoms with E-state index in [0.29, 0.717) is 24.3 Å². The molecule has 2 N–H and O–H groups in total. The van der Waals surface area contributed by atoms with Gasteiger partial charge in [-0.2, -0.15) is 0 Å². The van der Waals surface area contributed by atoms with Crippen LogP contribution >= 0.6 is 0 Å². The lowest BCUT2D eigenvalue weighted by molar-refractivity contribution is -0.385. The van der Waals surface area contributed by atoms with E-state index >= 15 is 0 Å². The number of nitrogens with zero attached hydrogens (tertiary/aromatic N) is 1. The highest BCUT2D eigenvalue weighted by molar-refractivity contribution is 7.90. The zero-order chi connectivity index (χ0) is 23.0. The normalized spacial score (nSPS) is 11.2. The third-order valence-electron chi connectivity index (χ3n) is 3.78. The first-order valence-corrected chi connectivity index (χ1v) is 10.6. The van der Waals surface area contributed by atoms with Crippen LogP contribution in [-0.2, 0) is 19.6 Å². The zero-order valence-electron chi connectivity index (χ0n) is 16.8. The number of carbonyl (C=O) groups is 2. The minimum Gasteiger partial charge on any atom is -0.487 e. The first-order valence-electron chi connectivity index (χ1n) is 9.16. The summed E-state index contributed by atoms with van der Waals surface area (Å²) in [6.45, 7) is 3.32. The van der Waals surface area contributed by atoms with Gasteiger partial charge in [0.25, 0.3) is 10.0 Å². The third-order valence-corrected chi connectivity index (χ3v) is 5.23. The molecule has 0 spiro atoms. The molecule has 2 amide bonds. The van der Waals surface area contributed by atoms with Crippen molar-refractivity contribution in [2.75, 3.05) is 11.9 Å². The molecule has 0 fully saturated rings. The number of benzene rings is 2. The van der Waals surface area contributed by atoms with Gasteiger partial charge in [-0.15, -0.1) is 0 Å². The van der Waals surface area contributed by atoms with Crippen molar-refractivity contribution < 1.29 is 27.7 Å². The summed E-state index contributed by atoms with van der Waals surface area (Å²) < 4.78 is 31.0. The van der Waals surface area contributed by atoms with Gasteiger partial charge >= 0.3 is 5.69 Å². The van der Waals surface area contributed by atoms with Gasteiger partial charge in [0.2, 0.25) is 11.8 Å². The molecule has 2 aromatic rings. The number of hydrogen-bond donors (Lipinski definition) is 2. The second kappa shape index (κ2) is 10.3. The van der Waals surface area contributed by atoms with Crippen LogP contribution in [0.1, 0.15) is 25.8 Å². The quantitative estimate of drug-likeness (QED) is 0.341. The molecule has 0 radical (unpaired) electrons. The van der Waals surface area contributed by atoms with E-state index in [1.165, 1.54) is 48.6 Å². The first-order chi connectivity index (χ1) is 14.6. The minimum absolute atomic E-state index is 0.131. The van der Waals surface area contributed by atoms with Gasteiger partial charge in [-0.25, -0.2) is 13.1 Å². The molecule has 0 unspecified atom stereocenters. The number of amides is 2. The number of hydrogen-bond acceptors (Lipinski definition) is 7. The predicted octanol–water partition coefficient (Wildman–Crippen LogP) is 2.86. The van der Waals surface area contributed by atoms with E-state index in [9.17, 15) is 28.1 Å². The topological polar surface area (TPSA) is 145 Å². The molecule has 2 rings (SSSR count). The summed E-state index contributed by atoms with van der Waals surface area (Å²) in [6.07, 6.45) is 3.30. The van der Waals surface area contributed by atoms with E-state index < -0.39 is 26.8 Å². The number of nitro benzene ring substituents is 1. The molecule has 164 valence electrons. The van der Waals surface area contributed by atoms with Crippen LogP contribution in [0.25, 0.3) is 6.08 Å². The highest BCUT2D eigenvalue weighted by Gasteiger charge is 2.16. The lowest BCUT2D eigenvalue weighted by Crippen LogP contribution is -2.28. The number of carbonyl (C=O) groups excluding carboxylic acids is 2. The smallest absolute Gasteiger partial charge is 0.311 e.